The van der Waals surface area contributed by atoms with E-state index >= 15 is 0 Å². The van der Waals surface area contributed by atoms with Crippen molar-refractivity contribution in [1.82, 2.24) is 0 Å². The van der Waals surface area contributed by atoms with E-state index in [-0.39, 0.29) is 13.2 Å². The summed E-state index contributed by atoms with van der Waals surface area (Å²) >= 11 is 0. The topological polar surface area (TPSA) is 72.8 Å². The highest BCUT2D eigenvalue weighted by Crippen LogP contribution is 2.19. The number of carbonyl (C=O) groups excluding carboxylic acids is 2. The van der Waals surface area contributed by atoms with Gasteiger partial charge in [-0.25, -0.2) is 9.59 Å². The number of ether oxygens (including phenoxy) is 2. The first-order chi connectivity index (χ1) is 10.5. The van der Waals surface area contributed by atoms with Crippen LogP contribution < -0.4 is 0 Å². The number of rotatable bonds is 8. The van der Waals surface area contributed by atoms with Crippen LogP contribution in [0.2, 0.25) is 0 Å². The molecule has 0 aliphatic rings. The van der Waals surface area contributed by atoms with Crippen molar-refractivity contribution < 1.29 is 24.2 Å². The number of aliphatic hydroxyl groups is 1. The summed E-state index contributed by atoms with van der Waals surface area (Å²) in [5, 5.41) is 9.55. The molecule has 1 aromatic rings. The second kappa shape index (κ2) is 9.00. The van der Waals surface area contributed by atoms with E-state index < -0.39 is 18.0 Å². The van der Waals surface area contributed by atoms with Crippen molar-refractivity contribution in [1.29, 1.82) is 0 Å². The van der Waals surface area contributed by atoms with Gasteiger partial charge in [0.1, 0.15) is 19.3 Å². The van der Waals surface area contributed by atoms with Gasteiger partial charge in [0.2, 0.25) is 0 Å². The van der Waals surface area contributed by atoms with Gasteiger partial charge in [-0.15, -0.1) is 0 Å². The van der Waals surface area contributed by atoms with Crippen LogP contribution in [0.1, 0.15) is 42.1 Å². The lowest BCUT2D eigenvalue weighted by Gasteiger charge is -2.12. The maximum atomic E-state index is 11.8. The predicted molar refractivity (Wildman–Crippen MR) is 82.6 cm³/mol. The largest absolute Gasteiger partial charge is 0.460 e. The minimum atomic E-state index is -1.06. The molecule has 2 unspecified atom stereocenters. The van der Waals surface area contributed by atoms with Crippen molar-refractivity contribution in [3.8, 4) is 0 Å². The van der Waals surface area contributed by atoms with Crippen molar-refractivity contribution in [2.75, 3.05) is 13.2 Å². The van der Waals surface area contributed by atoms with Gasteiger partial charge in [0, 0.05) is 6.08 Å². The van der Waals surface area contributed by atoms with Gasteiger partial charge in [0.25, 0.3) is 0 Å². The molecule has 0 aliphatic heterocycles. The molecular weight excluding hydrogens is 284 g/mol. The molecule has 0 fully saturated rings. The fourth-order valence-corrected chi connectivity index (χ4v) is 1.72. The molecule has 0 saturated heterocycles. The van der Waals surface area contributed by atoms with E-state index in [1.54, 1.807) is 12.1 Å². The van der Waals surface area contributed by atoms with Crippen LogP contribution in [0.25, 0.3) is 0 Å². The zero-order valence-corrected chi connectivity index (χ0v) is 13.0. The number of hydrogen-bond acceptors (Lipinski definition) is 5. The first kappa shape index (κ1) is 17.9. The van der Waals surface area contributed by atoms with E-state index in [0.717, 1.165) is 18.1 Å². The highest BCUT2D eigenvalue weighted by atomic mass is 16.6. The molecule has 0 radical (unpaired) electrons. The lowest BCUT2D eigenvalue weighted by Crippen LogP contribution is -2.25. The standard InChI is InChI=1S/C17H22O5/c1-4-12(3)13-6-8-14(9-7-13)17(20)22-11-15(18)10-21-16(19)5-2/h5-9,12,15,18H,2,4,10-11H2,1,3H3. The Morgan fingerprint density at radius 2 is 1.82 bits per heavy atom. The van der Waals surface area contributed by atoms with Crippen LogP contribution in [0.4, 0.5) is 0 Å². The van der Waals surface area contributed by atoms with Crippen LogP contribution >= 0.6 is 0 Å². The fraction of sp³-hybridized carbons (Fsp3) is 0.412. The van der Waals surface area contributed by atoms with Crippen LogP contribution in [0.5, 0.6) is 0 Å². The molecule has 2 atom stereocenters. The molecule has 0 heterocycles. The van der Waals surface area contributed by atoms with Gasteiger partial charge in [-0.2, -0.15) is 0 Å². The van der Waals surface area contributed by atoms with Gasteiger partial charge in [-0.1, -0.05) is 32.6 Å². The summed E-state index contributed by atoms with van der Waals surface area (Å²) < 4.78 is 9.62. The third-order valence-electron chi connectivity index (χ3n) is 3.32. The number of benzene rings is 1. The van der Waals surface area contributed by atoms with E-state index in [4.69, 9.17) is 4.74 Å². The molecular formula is C17H22O5. The van der Waals surface area contributed by atoms with Gasteiger partial charge >= 0.3 is 11.9 Å². The zero-order valence-electron chi connectivity index (χ0n) is 13.0. The van der Waals surface area contributed by atoms with Crippen molar-refractivity contribution in [3.63, 3.8) is 0 Å². The minimum absolute atomic E-state index is 0.240. The lowest BCUT2D eigenvalue weighted by atomic mass is 9.98. The van der Waals surface area contributed by atoms with E-state index in [2.05, 4.69) is 25.2 Å². The highest BCUT2D eigenvalue weighted by Gasteiger charge is 2.13. The smallest absolute Gasteiger partial charge is 0.338 e. The first-order valence-electron chi connectivity index (χ1n) is 7.22. The van der Waals surface area contributed by atoms with E-state index in [0.29, 0.717) is 11.5 Å². The average molecular weight is 306 g/mol. The summed E-state index contributed by atoms with van der Waals surface area (Å²) in [5.41, 5.74) is 1.58. The van der Waals surface area contributed by atoms with Gasteiger partial charge in [0.05, 0.1) is 5.56 Å². The second-order valence-electron chi connectivity index (χ2n) is 5.02. The van der Waals surface area contributed by atoms with Crippen molar-refractivity contribution in [3.05, 3.63) is 48.0 Å². The van der Waals surface area contributed by atoms with Gasteiger partial charge in [-0.3, -0.25) is 0 Å². The second-order valence-corrected chi connectivity index (χ2v) is 5.02. The Bertz CT molecular complexity index is 506. The molecule has 0 amide bonds. The number of aliphatic hydroxyl groups excluding tert-OH is 1. The average Bonchev–Trinajstić information content (AvgIpc) is 2.56. The monoisotopic (exact) mass is 306 g/mol. The summed E-state index contributed by atoms with van der Waals surface area (Å²) in [4.78, 5) is 22.7. The fourth-order valence-electron chi connectivity index (χ4n) is 1.72. The molecule has 0 saturated carbocycles. The molecule has 5 heteroatoms. The molecule has 5 nitrogen and oxygen atoms in total. The van der Waals surface area contributed by atoms with Gasteiger partial charge < -0.3 is 14.6 Å². The molecule has 120 valence electrons. The Kier molecular flexibility index (Phi) is 7.32. The van der Waals surface area contributed by atoms with Crippen molar-refractivity contribution in [2.45, 2.75) is 32.3 Å². The van der Waals surface area contributed by atoms with Crippen LogP contribution in [-0.4, -0.2) is 36.4 Å². The molecule has 1 N–H and O–H groups in total. The third kappa shape index (κ3) is 5.69. The van der Waals surface area contributed by atoms with Crippen LogP contribution in [-0.2, 0) is 14.3 Å². The Morgan fingerprint density at radius 1 is 1.23 bits per heavy atom. The van der Waals surface area contributed by atoms with Crippen LogP contribution in [0, 0.1) is 0 Å². The Hall–Kier alpha value is -2.14. The predicted octanol–water partition coefficient (Wildman–Crippen LogP) is 2.45. The first-order valence-corrected chi connectivity index (χ1v) is 7.22. The zero-order chi connectivity index (χ0) is 16.5. The Morgan fingerprint density at radius 3 is 2.36 bits per heavy atom. The van der Waals surface area contributed by atoms with Crippen LogP contribution in [0.3, 0.4) is 0 Å². The SMILES string of the molecule is C=CC(=O)OCC(O)COC(=O)c1ccc(C(C)CC)cc1. The molecule has 0 aliphatic carbocycles. The quantitative estimate of drug-likeness (QED) is 0.590. The molecule has 0 aromatic heterocycles. The summed E-state index contributed by atoms with van der Waals surface area (Å²) in [7, 11) is 0. The summed E-state index contributed by atoms with van der Waals surface area (Å²) in [6, 6.07) is 7.20. The van der Waals surface area contributed by atoms with Crippen LogP contribution in [0.15, 0.2) is 36.9 Å². The van der Waals surface area contributed by atoms with Gasteiger partial charge in [0.15, 0.2) is 0 Å². The van der Waals surface area contributed by atoms with Crippen molar-refractivity contribution >= 4 is 11.9 Å². The third-order valence-corrected chi connectivity index (χ3v) is 3.32. The molecule has 0 spiro atoms. The number of esters is 2. The Balaban J connectivity index is 2.45. The van der Waals surface area contributed by atoms with E-state index in [1.165, 1.54) is 0 Å². The minimum Gasteiger partial charge on any atom is -0.460 e. The summed E-state index contributed by atoms with van der Waals surface area (Å²) in [6.45, 7) is 6.98. The Labute approximate surface area is 130 Å². The van der Waals surface area contributed by atoms with Gasteiger partial charge in [-0.05, 0) is 30.0 Å². The van der Waals surface area contributed by atoms with E-state index in [9.17, 15) is 14.7 Å². The summed E-state index contributed by atoms with van der Waals surface area (Å²) in [6.07, 6.45) is 0.962. The molecule has 1 aromatic carbocycles. The lowest BCUT2D eigenvalue weighted by molar-refractivity contribution is -0.141. The molecule has 22 heavy (non-hydrogen) atoms. The normalized spacial score (nSPS) is 13.0. The maximum Gasteiger partial charge on any atom is 0.338 e. The summed E-state index contributed by atoms with van der Waals surface area (Å²) in [5.74, 6) is -0.720. The van der Waals surface area contributed by atoms with E-state index in [1.807, 2.05) is 12.1 Å². The van der Waals surface area contributed by atoms with Crippen molar-refractivity contribution in [2.24, 2.45) is 0 Å². The number of carbonyl (C=O) groups is 2. The number of hydrogen-bond donors (Lipinski definition) is 1. The molecule has 0 bridgehead atoms. The highest BCUT2D eigenvalue weighted by molar-refractivity contribution is 5.89. The molecule has 1 rings (SSSR count). The maximum absolute atomic E-state index is 11.8.